The highest BCUT2D eigenvalue weighted by molar-refractivity contribution is 6.31. The van der Waals surface area contributed by atoms with Gasteiger partial charge in [-0.3, -0.25) is 19.2 Å². The first-order chi connectivity index (χ1) is 20.7. The van der Waals surface area contributed by atoms with Gasteiger partial charge < -0.3 is 26.2 Å². The minimum atomic E-state index is -0.886. The molecule has 4 amide bonds. The van der Waals surface area contributed by atoms with Gasteiger partial charge in [0.05, 0.1) is 0 Å². The van der Waals surface area contributed by atoms with Gasteiger partial charge in [0, 0.05) is 55.0 Å². The van der Waals surface area contributed by atoms with E-state index in [-0.39, 0.29) is 49.6 Å². The summed E-state index contributed by atoms with van der Waals surface area (Å²) in [5.74, 6) is -1.06. The molecule has 10 heteroatoms. The molecular formula is C33H42ClN5O4. The summed E-state index contributed by atoms with van der Waals surface area (Å²) in [6, 6.07) is 11.2. The van der Waals surface area contributed by atoms with E-state index in [0.29, 0.717) is 17.1 Å². The lowest BCUT2D eigenvalue weighted by Gasteiger charge is -2.52. The molecular weight excluding hydrogens is 566 g/mol. The van der Waals surface area contributed by atoms with E-state index < -0.39 is 23.9 Å². The number of fused-ring (bicyclic) bond motifs is 1. The van der Waals surface area contributed by atoms with Crippen molar-refractivity contribution in [3.63, 3.8) is 0 Å². The van der Waals surface area contributed by atoms with E-state index in [1.807, 2.05) is 36.1 Å². The minimum Gasteiger partial charge on any atom is -0.342 e. The SMILES string of the molecule is Cc1cc(NC(=O)[C@H](CCN)NC(=O)[C@@H]2Cc3ccccc3CN2C(=O)CCC(=O)N2CC3(CCCCC3)C2)ccc1Cl. The number of amides is 4. The minimum absolute atomic E-state index is 0.0000710. The van der Waals surface area contributed by atoms with Crippen molar-refractivity contribution in [2.24, 2.45) is 11.1 Å². The van der Waals surface area contributed by atoms with Crippen LogP contribution < -0.4 is 16.4 Å². The van der Waals surface area contributed by atoms with Gasteiger partial charge in [0.15, 0.2) is 0 Å². The molecule has 0 aromatic heterocycles. The van der Waals surface area contributed by atoms with Gasteiger partial charge in [-0.2, -0.15) is 0 Å². The van der Waals surface area contributed by atoms with Crippen LogP contribution in [0.2, 0.25) is 5.02 Å². The molecule has 2 fully saturated rings. The number of halogens is 1. The third-order valence-electron chi connectivity index (χ3n) is 9.26. The summed E-state index contributed by atoms with van der Waals surface area (Å²) in [5.41, 5.74) is 9.43. The first-order valence-corrected chi connectivity index (χ1v) is 15.8. The number of nitrogens with two attached hydrogens (primary N) is 1. The zero-order valence-corrected chi connectivity index (χ0v) is 25.6. The number of likely N-dealkylation sites (tertiary alicyclic amines) is 1. The number of carbonyl (C=O) groups excluding carboxylic acids is 4. The average molecular weight is 608 g/mol. The number of nitrogens with one attached hydrogen (secondary N) is 2. The predicted molar refractivity (Wildman–Crippen MR) is 166 cm³/mol. The van der Waals surface area contributed by atoms with Gasteiger partial charge in [0.1, 0.15) is 12.1 Å². The number of rotatable bonds is 9. The molecule has 1 spiro atoms. The molecule has 1 aliphatic carbocycles. The Hall–Kier alpha value is -3.43. The molecule has 2 aromatic carbocycles. The molecule has 0 radical (unpaired) electrons. The lowest BCUT2D eigenvalue weighted by molar-refractivity contribution is -0.149. The topological polar surface area (TPSA) is 125 Å². The molecule has 43 heavy (non-hydrogen) atoms. The van der Waals surface area contributed by atoms with E-state index in [4.69, 9.17) is 17.3 Å². The zero-order valence-electron chi connectivity index (χ0n) is 24.9. The van der Waals surface area contributed by atoms with Gasteiger partial charge in [-0.05, 0) is 67.6 Å². The third-order valence-corrected chi connectivity index (χ3v) is 9.68. The van der Waals surface area contributed by atoms with Crippen molar-refractivity contribution in [3.8, 4) is 0 Å². The van der Waals surface area contributed by atoms with Gasteiger partial charge >= 0.3 is 0 Å². The average Bonchev–Trinajstić information content (AvgIpc) is 2.99. The largest absolute Gasteiger partial charge is 0.342 e. The molecule has 0 bridgehead atoms. The number of aryl methyl sites for hydroxylation is 1. The van der Waals surface area contributed by atoms with Crippen LogP contribution in [0.1, 0.15) is 68.1 Å². The van der Waals surface area contributed by atoms with E-state index in [9.17, 15) is 19.2 Å². The van der Waals surface area contributed by atoms with Crippen LogP contribution in [-0.2, 0) is 32.1 Å². The van der Waals surface area contributed by atoms with Crippen molar-refractivity contribution >= 4 is 40.9 Å². The molecule has 3 aliphatic rings. The molecule has 230 valence electrons. The second-order valence-corrected chi connectivity index (χ2v) is 12.8. The van der Waals surface area contributed by atoms with Crippen LogP contribution in [0, 0.1) is 12.3 Å². The van der Waals surface area contributed by atoms with Crippen molar-refractivity contribution in [2.45, 2.75) is 83.3 Å². The lowest BCUT2D eigenvalue weighted by Crippen LogP contribution is -2.59. The van der Waals surface area contributed by atoms with Crippen molar-refractivity contribution in [1.82, 2.24) is 15.1 Å². The summed E-state index contributed by atoms with van der Waals surface area (Å²) < 4.78 is 0. The van der Waals surface area contributed by atoms with Gasteiger partial charge in [-0.25, -0.2) is 0 Å². The number of carbonyl (C=O) groups is 4. The Balaban J connectivity index is 1.24. The molecule has 4 N–H and O–H groups in total. The van der Waals surface area contributed by atoms with Crippen LogP contribution in [0.25, 0.3) is 0 Å². The highest BCUT2D eigenvalue weighted by atomic mass is 35.5. The number of nitrogens with zero attached hydrogens (tertiary/aromatic N) is 2. The second kappa shape index (κ2) is 13.5. The first-order valence-electron chi connectivity index (χ1n) is 15.4. The molecule has 1 saturated carbocycles. The van der Waals surface area contributed by atoms with Gasteiger partial charge in [0.2, 0.25) is 23.6 Å². The number of benzene rings is 2. The van der Waals surface area contributed by atoms with Crippen LogP contribution in [0.4, 0.5) is 5.69 Å². The van der Waals surface area contributed by atoms with Gasteiger partial charge in [-0.15, -0.1) is 0 Å². The van der Waals surface area contributed by atoms with E-state index in [1.54, 1.807) is 23.1 Å². The van der Waals surface area contributed by atoms with Crippen molar-refractivity contribution < 1.29 is 19.2 Å². The maximum absolute atomic E-state index is 13.7. The molecule has 2 aliphatic heterocycles. The summed E-state index contributed by atoms with van der Waals surface area (Å²) in [6.45, 7) is 3.89. The number of anilines is 1. The summed E-state index contributed by atoms with van der Waals surface area (Å²) >= 11 is 6.12. The van der Waals surface area contributed by atoms with Gasteiger partial charge in [-0.1, -0.05) is 55.1 Å². The third kappa shape index (κ3) is 7.21. The fraction of sp³-hybridized carbons (Fsp3) is 0.515. The first kappa shape index (κ1) is 31.0. The van der Waals surface area contributed by atoms with Crippen LogP contribution in [-0.4, -0.2) is 65.1 Å². The Morgan fingerprint density at radius 3 is 2.40 bits per heavy atom. The summed E-state index contributed by atoms with van der Waals surface area (Å²) in [7, 11) is 0. The van der Waals surface area contributed by atoms with Crippen LogP contribution in [0.15, 0.2) is 42.5 Å². The molecule has 1 saturated heterocycles. The number of hydrogen-bond acceptors (Lipinski definition) is 5. The van der Waals surface area contributed by atoms with E-state index in [2.05, 4.69) is 10.6 Å². The Morgan fingerprint density at radius 1 is 1.00 bits per heavy atom. The lowest BCUT2D eigenvalue weighted by atomic mass is 9.68. The highest BCUT2D eigenvalue weighted by Gasteiger charge is 2.45. The Morgan fingerprint density at radius 2 is 1.70 bits per heavy atom. The molecule has 2 heterocycles. The fourth-order valence-corrected chi connectivity index (χ4v) is 6.87. The molecule has 5 rings (SSSR count). The molecule has 2 aromatic rings. The normalized spacial score (nSPS) is 19.7. The second-order valence-electron chi connectivity index (χ2n) is 12.4. The van der Waals surface area contributed by atoms with E-state index in [1.165, 1.54) is 32.1 Å². The van der Waals surface area contributed by atoms with Crippen molar-refractivity contribution in [3.05, 3.63) is 64.2 Å². The standard InChI is InChI=1S/C33H42ClN5O4/c1-22-17-25(9-10-26(22)34)36-31(42)27(13-16-35)37-32(43)28-18-23-7-3-4-8-24(23)19-39(28)30(41)12-11-29(40)38-20-33(21-38)14-5-2-6-15-33/h3-4,7-10,17,27-28H,2,5-6,11-16,18-21,35H2,1H3,(H,36,42)(H,37,43)/t27-,28-/m0/s1. The van der Waals surface area contributed by atoms with E-state index in [0.717, 1.165) is 29.8 Å². The fourth-order valence-electron chi connectivity index (χ4n) is 6.75. The maximum atomic E-state index is 13.7. The quantitative estimate of drug-likeness (QED) is 0.398. The van der Waals surface area contributed by atoms with Crippen molar-refractivity contribution in [2.75, 3.05) is 25.0 Å². The molecule has 9 nitrogen and oxygen atoms in total. The smallest absolute Gasteiger partial charge is 0.246 e. The van der Waals surface area contributed by atoms with E-state index >= 15 is 0 Å². The Labute approximate surface area is 258 Å². The zero-order chi connectivity index (χ0) is 30.6. The van der Waals surface area contributed by atoms with Crippen LogP contribution >= 0.6 is 11.6 Å². The number of hydrogen-bond donors (Lipinski definition) is 3. The van der Waals surface area contributed by atoms with Crippen molar-refractivity contribution in [1.29, 1.82) is 0 Å². The maximum Gasteiger partial charge on any atom is 0.246 e. The Bertz CT molecular complexity index is 1370. The van der Waals surface area contributed by atoms with Crippen LogP contribution in [0.3, 0.4) is 0 Å². The molecule has 0 unspecified atom stereocenters. The predicted octanol–water partition coefficient (Wildman–Crippen LogP) is 3.95. The van der Waals surface area contributed by atoms with Crippen LogP contribution in [0.5, 0.6) is 0 Å². The highest BCUT2D eigenvalue weighted by Crippen LogP contribution is 2.44. The summed E-state index contributed by atoms with van der Waals surface area (Å²) in [4.78, 5) is 56.8. The van der Waals surface area contributed by atoms with Gasteiger partial charge in [0.25, 0.3) is 0 Å². The summed E-state index contributed by atoms with van der Waals surface area (Å²) in [5, 5.41) is 6.29. The monoisotopic (exact) mass is 607 g/mol. The Kier molecular flexibility index (Phi) is 9.72. The summed E-state index contributed by atoms with van der Waals surface area (Å²) in [6.07, 6.45) is 6.82. The molecule has 2 atom stereocenters.